The van der Waals surface area contributed by atoms with Crippen LogP contribution in [0.2, 0.25) is 0 Å². The van der Waals surface area contributed by atoms with E-state index in [1.807, 2.05) is 6.92 Å². The van der Waals surface area contributed by atoms with Crippen molar-refractivity contribution >= 4 is 11.6 Å². The smallest absolute Gasteiger partial charge is 0.274 e. The van der Waals surface area contributed by atoms with Crippen molar-refractivity contribution in [1.82, 2.24) is 19.7 Å². The number of halogens is 2. The molecule has 6 nitrogen and oxygen atoms in total. The van der Waals surface area contributed by atoms with Crippen LogP contribution >= 0.6 is 0 Å². The Labute approximate surface area is 160 Å². The van der Waals surface area contributed by atoms with Crippen LogP contribution in [0.15, 0.2) is 30.6 Å². The van der Waals surface area contributed by atoms with E-state index < -0.39 is 11.6 Å². The molecule has 1 unspecified atom stereocenters. The number of nitrogens with zero attached hydrogens (tertiary/aromatic N) is 3. The number of carbonyl (C=O) groups is 1. The maximum absolute atomic E-state index is 13.7. The third kappa shape index (κ3) is 3.60. The lowest BCUT2D eigenvalue weighted by Crippen LogP contribution is -2.34. The van der Waals surface area contributed by atoms with E-state index in [2.05, 4.69) is 15.3 Å². The van der Waals surface area contributed by atoms with Crippen LogP contribution in [-0.2, 0) is 11.3 Å². The molecule has 8 heteroatoms. The summed E-state index contributed by atoms with van der Waals surface area (Å²) in [5.74, 6) is -1.22. The summed E-state index contributed by atoms with van der Waals surface area (Å²) in [6, 6.07) is 4.92. The van der Waals surface area contributed by atoms with Crippen molar-refractivity contribution in [3.05, 3.63) is 53.6 Å². The Balaban J connectivity index is 1.79. The van der Waals surface area contributed by atoms with Gasteiger partial charge >= 0.3 is 0 Å². The average Bonchev–Trinajstić information content (AvgIpc) is 3.40. The van der Waals surface area contributed by atoms with Crippen LogP contribution in [0.3, 0.4) is 0 Å². The fourth-order valence-corrected chi connectivity index (χ4v) is 3.29. The Morgan fingerprint density at radius 3 is 2.64 bits per heavy atom. The Hall–Kier alpha value is -2.87. The normalized spacial score (nSPS) is 15.0. The molecule has 146 valence electrons. The molecule has 2 heterocycles. The van der Waals surface area contributed by atoms with Gasteiger partial charge in [-0.3, -0.25) is 9.20 Å². The molecule has 1 N–H and O–H groups in total. The minimum absolute atomic E-state index is 0.0585. The van der Waals surface area contributed by atoms with Gasteiger partial charge in [-0.15, -0.1) is 0 Å². The number of fused-ring (bicyclic) bond motifs is 1. The van der Waals surface area contributed by atoms with Crippen molar-refractivity contribution in [2.75, 3.05) is 7.11 Å². The maximum Gasteiger partial charge on any atom is 0.274 e. The summed E-state index contributed by atoms with van der Waals surface area (Å²) in [7, 11) is 1.54. The van der Waals surface area contributed by atoms with Crippen LogP contribution in [0.5, 0.6) is 0 Å². The molecular weight excluding hydrogens is 366 g/mol. The highest BCUT2D eigenvalue weighted by atomic mass is 19.1. The van der Waals surface area contributed by atoms with Crippen LogP contribution in [0.1, 0.15) is 35.9 Å². The number of hydrogen-bond donors (Lipinski definition) is 1. The first-order valence-corrected chi connectivity index (χ1v) is 9.09. The van der Waals surface area contributed by atoms with Gasteiger partial charge in [0.2, 0.25) is 0 Å². The molecule has 4 rings (SSSR count). The molecule has 1 aliphatic carbocycles. The first-order chi connectivity index (χ1) is 13.5. The van der Waals surface area contributed by atoms with E-state index >= 15 is 0 Å². The first kappa shape index (κ1) is 18.5. The number of rotatable bonds is 6. The molecule has 0 radical (unpaired) electrons. The van der Waals surface area contributed by atoms with E-state index in [0.717, 1.165) is 18.9 Å². The lowest BCUT2D eigenvalue weighted by Gasteiger charge is -2.12. The van der Waals surface area contributed by atoms with Crippen LogP contribution in [0, 0.1) is 17.6 Å². The van der Waals surface area contributed by atoms with Gasteiger partial charge < -0.3 is 10.1 Å². The Kier molecular flexibility index (Phi) is 4.80. The molecule has 1 aromatic carbocycles. The third-order valence-electron chi connectivity index (χ3n) is 4.93. The molecule has 1 amide bonds. The maximum atomic E-state index is 13.7. The minimum Gasteiger partial charge on any atom is -0.378 e. The monoisotopic (exact) mass is 386 g/mol. The summed E-state index contributed by atoms with van der Waals surface area (Å²) in [6.07, 6.45) is 3.72. The predicted octanol–water partition coefficient (Wildman–Crippen LogP) is 3.35. The number of nitrogens with one attached hydrogen (secondary N) is 1. The van der Waals surface area contributed by atoms with Gasteiger partial charge in [-0.2, -0.15) is 0 Å². The van der Waals surface area contributed by atoms with E-state index in [1.165, 1.54) is 25.6 Å². The molecule has 0 aliphatic heterocycles. The predicted molar refractivity (Wildman–Crippen MR) is 98.7 cm³/mol. The second kappa shape index (κ2) is 7.27. The largest absolute Gasteiger partial charge is 0.378 e. The van der Waals surface area contributed by atoms with Gasteiger partial charge in [0.1, 0.15) is 18.0 Å². The van der Waals surface area contributed by atoms with Crippen molar-refractivity contribution < 1.29 is 18.3 Å². The number of carbonyl (C=O) groups excluding carboxylic acids is 1. The molecule has 1 saturated carbocycles. The van der Waals surface area contributed by atoms with Gasteiger partial charge in [0, 0.05) is 24.8 Å². The molecular formula is C20H20F2N4O2. The van der Waals surface area contributed by atoms with E-state index in [-0.39, 0.29) is 29.8 Å². The standard InChI is InChI=1S/C20H20F2N4O2/c1-11(12-3-4-12)24-20(27)18-19-25-17(13-5-14(21)7-15(22)6-13)8-16(9-28-2)26(19)10-23-18/h5-8,10-12H,3-4,9H2,1-2H3,(H,24,27). The van der Waals surface area contributed by atoms with Crippen LogP contribution in [-0.4, -0.2) is 33.4 Å². The zero-order valence-electron chi connectivity index (χ0n) is 15.6. The lowest BCUT2D eigenvalue weighted by atomic mass is 10.1. The van der Waals surface area contributed by atoms with E-state index in [0.29, 0.717) is 23.0 Å². The quantitative estimate of drug-likeness (QED) is 0.706. The van der Waals surface area contributed by atoms with Crippen LogP contribution < -0.4 is 5.32 Å². The molecule has 1 atom stereocenters. The number of imidazole rings is 1. The van der Waals surface area contributed by atoms with Gasteiger partial charge in [0.05, 0.1) is 18.0 Å². The van der Waals surface area contributed by atoms with Crippen molar-refractivity contribution in [3.63, 3.8) is 0 Å². The van der Waals surface area contributed by atoms with Crippen LogP contribution in [0.25, 0.3) is 16.9 Å². The van der Waals surface area contributed by atoms with Gasteiger partial charge in [-0.05, 0) is 43.9 Å². The SMILES string of the molecule is COCc1cc(-c2cc(F)cc(F)c2)nc2c(C(=O)NC(C)C3CC3)ncn12. The second-order valence-corrected chi connectivity index (χ2v) is 7.11. The number of ether oxygens (including phenoxy) is 1. The highest BCUT2D eigenvalue weighted by Crippen LogP contribution is 2.32. The average molecular weight is 386 g/mol. The Morgan fingerprint density at radius 1 is 1.29 bits per heavy atom. The van der Waals surface area contributed by atoms with Crippen molar-refractivity contribution in [3.8, 4) is 11.3 Å². The third-order valence-corrected chi connectivity index (χ3v) is 4.93. The molecule has 0 saturated heterocycles. The number of aromatic nitrogens is 3. The number of benzene rings is 1. The number of amides is 1. The minimum atomic E-state index is -0.699. The van der Waals surface area contributed by atoms with Gasteiger partial charge in [-0.25, -0.2) is 18.7 Å². The number of hydrogen-bond acceptors (Lipinski definition) is 4. The Morgan fingerprint density at radius 2 is 2.00 bits per heavy atom. The molecule has 28 heavy (non-hydrogen) atoms. The molecule has 0 bridgehead atoms. The van der Waals surface area contributed by atoms with Crippen molar-refractivity contribution in [2.24, 2.45) is 5.92 Å². The zero-order chi connectivity index (χ0) is 19.8. The first-order valence-electron chi connectivity index (χ1n) is 9.09. The fourth-order valence-electron chi connectivity index (χ4n) is 3.29. The summed E-state index contributed by atoms with van der Waals surface area (Å²) in [6.45, 7) is 2.19. The summed E-state index contributed by atoms with van der Waals surface area (Å²) >= 11 is 0. The van der Waals surface area contributed by atoms with E-state index in [9.17, 15) is 13.6 Å². The second-order valence-electron chi connectivity index (χ2n) is 7.11. The van der Waals surface area contributed by atoms with E-state index in [4.69, 9.17) is 4.74 Å². The topological polar surface area (TPSA) is 68.5 Å². The van der Waals surface area contributed by atoms with E-state index in [1.54, 1.807) is 10.5 Å². The highest BCUT2D eigenvalue weighted by Gasteiger charge is 2.30. The van der Waals surface area contributed by atoms with Gasteiger partial charge in [-0.1, -0.05) is 0 Å². The highest BCUT2D eigenvalue weighted by molar-refractivity contribution is 5.98. The molecule has 0 spiro atoms. The summed E-state index contributed by atoms with van der Waals surface area (Å²) in [5, 5.41) is 2.96. The summed E-state index contributed by atoms with van der Waals surface area (Å²) < 4.78 is 34.2. The lowest BCUT2D eigenvalue weighted by molar-refractivity contribution is 0.0933. The molecule has 1 aliphatic rings. The van der Waals surface area contributed by atoms with Crippen molar-refractivity contribution in [2.45, 2.75) is 32.4 Å². The van der Waals surface area contributed by atoms with Crippen molar-refractivity contribution in [1.29, 1.82) is 0 Å². The zero-order valence-corrected chi connectivity index (χ0v) is 15.6. The molecule has 2 aromatic heterocycles. The van der Waals surface area contributed by atoms with Crippen LogP contribution in [0.4, 0.5) is 8.78 Å². The molecule has 3 aromatic rings. The van der Waals surface area contributed by atoms with Gasteiger partial charge in [0.15, 0.2) is 11.3 Å². The summed E-state index contributed by atoms with van der Waals surface area (Å²) in [5.41, 5.74) is 1.76. The number of methoxy groups -OCH3 is 1. The molecule has 1 fully saturated rings. The summed E-state index contributed by atoms with van der Waals surface area (Å²) in [4.78, 5) is 21.4. The van der Waals surface area contributed by atoms with Gasteiger partial charge in [0.25, 0.3) is 5.91 Å². The fraction of sp³-hybridized carbons (Fsp3) is 0.350. The Bertz CT molecular complexity index is 1030.